The molecule has 0 fully saturated rings. The van der Waals surface area contributed by atoms with Crippen molar-refractivity contribution in [3.8, 4) is 0 Å². The Kier molecular flexibility index (Phi) is 17.2. The molecule has 0 bridgehead atoms. The van der Waals surface area contributed by atoms with Crippen molar-refractivity contribution in [3.05, 3.63) is 36.3 Å². The molecule has 33 heavy (non-hydrogen) atoms. The minimum atomic E-state index is -4.62. The van der Waals surface area contributed by atoms with Crippen molar-refractivity contribution in [2.75, 3.05) is 6.61 Å². The zero-order chi connectivity index (χ0) is 24.2. The summed E-state index contributed by atoms with van der Waals surface area (Å²) < 4.78 is 9.76. The Balaban J connectivity index is 2.06. The van der Waals surface area contributed by atoms with Crippen LogP contribution in [0.25, 0.3) is 0 Å². The van der Waals surface area contributed by atoms with E-state index in [0.717, 1.165) is 31.2 Å². The van der Waals surface area contributed by atoms with Crippen LogP contribution >= 0.6 is 8.17 Å². The van der Waals surface area contributed by atoms with Gasteiger partial charge >= 0.3 is 136 Å². The van der Waals surface area contributed by atoms with Crippen molar-refractivity contribution in [2.24, 2.45) is 0 Å². The van der Waals surface area contributed by atoms with E-state index in [1.807, 2.05) is 0 Å². The van der Waals surface area contributed by atoms with Crippen LogP contribution in [-0.2, 0) is 15.7 Å². The average Bonchev–Trinajstić information content (AvgIpc) is 3.27. The van der Waals surface area contributed by atoms with Gasteiger partial charge in [-0.2, -0.15) is 0 Å². The molecular formula is C25H46NO6P. The molecule has 0 saturated carbocycles. The molecule has 0 aliphatic heterocycles. The van der Waals surface area contributed by atoms with Gasteiger partial charge in [0.1, 0.15) is 0 Å². The molecule has 7 nitrogen and oxygen atoms in total. The monoisotopic (exact) mass is 487 g/mol. The first kappa shape index (κ1) is 29.8. The van der Waals surface area contributed by atoms with Crippen LogP contribution in [0, 0.1) is 0 Å². The number of unbranched alkanes of at least 4 members (excludes halogenated alkanes) is 11. The molecular weight excluding hydrogens is 441 g/mol. The fourth-order valence-corrected chi connectivity index (χ4v) is 4.14. The summed E-state index contributed by atoms with van der Waals surface area (Å²) in [4.78, 5) is 39.5. The third-order valence-corrected chi connectivity index (χ3v) is 6.13. The van der Waals surface area contributed by atoms with Gasteiger partial charge in [0.05, 0.1) is 0 Å². The van der Waals surface area contributed by atoms with Crippen LogP contribution in [0.3, 0.4) is 0 Å². The summed E-state index contributed by atoms with van der Waals surface area (Å²) >= 11 is 0. The predicted octanol–water partition coefficient (Wildman–Crippen LogP) is 5.75. The summed E-state index contributed by atoms with van der Waals surface area (Å²) in [7, 11) is -4.62. The number of nitrogens with one attached hydrogen (secondary N) is 1. The maximum absolute atomic E-state index is 12.3. The standard InChI is InChI=1S/C25H46NO6P/c1-2-3-4-5-6-7-8-9-10-11-12-13-14-15-16-17-25(27)26-24(22-32-33(28,29)30)20-23-18-19-31-21-23/h9-10,18-19,21,24,28-30,33H,2-8,11-17,20,22H2,1H3,(H,26,27)/b10-9-/t24-/m0/s1. The van der Waals surface area contributed by atoms with Crippen LogP contribution in [-0.4, -0.2) is 33.2 Å². The van der Waals surface area contributed by atoms with Crippen LogP contribution in [0.1, 0.15) is 102 Å². The Morgan fingerprint density at radius 3 is 2.18 bits per heavy atom. The second-order valence-corrected chi connectivity index (χ2v) is 10.3. The number of furan rings is 1. The molecule has 0 unspecified atom stereocenters. The molecule has 0 aromatic carbocycles. The fraction of sp³-hybridized carbons (Fsp3) is 0.720. The molecule has 0 aliphatic rings. The van der Waals surface area contributed by atoms with Crippen molar-refractivity contribution >= 4 is 14.1 Å². The van der Waals surface area contributed by atoms with Gasteiger partial charge in [-0.25, -0.2) is 0 Å². The third-order valence-electron chi connectivity index (χ3n) is 5.57. The topological polar surface area (TPSA) is 112 Å². The van der Waals surface area contributed by atoms with Crippen molar-refractivity contribution < 1.29 is 28.4 Å². The molecule has 192 valence electrons. The van der Waals surface area contributed by atoms with E-state index >= 15 is 0 Å². The molecule has 1 rings (SSSR count). The first-order valence-corrected chi connectivity index (χ1v) is 14.4. The van der Waals surface area contributed by atoms with E-state index in [4.69, 9.17) is 23.6 Å². The number of carbonyl (C=O) groups is 1. The van der Waals surface area contributed by atoms with E-state index in [2.05, 4.69) is 24.4 Å². The molecule has 1 atom stereocenters. The zero-order valence-corrected chi connectivity index (χ0v) is 21.3. The fourth-order valence-electron chi connectivity index (χ4n) is 3.71. The summed E-state index contributed by atoms with van der Waals surface area (Å²) in [6.45, 7) is 2.07. The molecule has 1 aromatic heterocycles. The van der Waals surface area contributed by atoms with E-state index in [-0.39, 0.29) is 12.5 Å². The van der Waals surface area contributed by atoms with Crippen molar-refractivity contribution in [3.63, 3.8) is 0 Å². The Morgan fingerprint density at radius 1 is 1.00 bits per heavy atom. The van der Waals surface area contributed by atoms with E-state index in [1.165, 1.54) is 64.1 Å². The molecule has 1 aromatic rings. The van der Waals surface area contributed by atoms with E-state index in [1.54, 1.807) is 12.3 Å². The first-order valence-electron chi connectivity index (χ1n) is 12.7. The summed E-state index contributed by atoms with van der Waals surface area (Å²) in [5.41, 5.74) is 0.853. The minimum absolute atomic E-state index is 0.106. The second kappa shape index (κ2) is 19.1. The second-order valence-electron chi connectivity index (χ2n) is 8.82. The van der Waals surface area contributed by atoms with Gasteiger partial charge in [0.25, 0.3) is 0 Å². The van der Waals surface area contributed by atoms with Crippen molar-refractivity contribution in [2.45, 2.75) is 109 Å². The van der Waals surface area contributed by atoms with Gasteiger partial charge in [0, 0.05) is 0 Å². The van der Waals surface area contributed by atoms with Gasteiger partial charge in [0.2, 0.25) is 0 Å². The Morgan fingerprint density at radius 2 is 1.61 bits per heavy atom. The zero-order valence-electron chi connectivity index (χ0n) is 20.3. The summed E-state index contributed by atoms with van der Waals surface area (Å²) in [5, 5.41) is 2.85. The molecule has 0 spiro atoms. The van der Waals surface area contributed by atoms with Crippen LogP contribution < -0.4 is 5.32 Å². The number of allylic oxidation sites excluding steroid dienone is 2. The Hall–Kier alpha value is -1.24. The predicted molar refractivity (Wildman–Crippen MR) is 135 cm³/mol. The molecule has 1 amide bonds. The average molecular weight is 488 g/mol. The van der Waals surface area contributed by atoms with Gasteiger partial charge in [0.15, 0.2) is 0 Å². The normalized spacial score (nSPS) is 13.5. The number of carbonyl (C=O) groups excluding carboxylic acids is 1. The Bertz CT molecular complexity index is 615. The van der Waals surface area contributed by atoms with Gasteiger partial charge in [-0.3, -0.25) is 0 Å². The van der Waals surface area contributed by atoms with Gasteiger partial charge < -0.3 is 0 Å². The van der Waals surface area contributed by atoms with Crippen molar-refractivity contribution in [1.82, 2.24) is 5.32 Å². The molecule has 0 radical (unpaired) electrons. The summed E-state index contributed by atoms with van der Waals surface area (Å²) in [6.07, 6.45) is 24.3. The SMILES string of the molecule is CCCCCCCC/C=C\CCCCCCCC(=O)N[C@H](CO[PH](O)(O)O)Cc1ccoc1. The molecule has 4 N–H and O–H groups in total. The summed E-state index contributed by atoms with van der Waals surface area (Å²) in [6, 6.07) is 1.29. The molecule has 1 heterocycles. The third kappa shape index (κ3) is 18.8. The molecule has 0 saturated heterocycles. The Labute approximate surface area is 200 Å². The van der Waals surface area contributed by atoms with E-state index < -0.39 is 14.2 Å². The number of hydrogen-bond acceptors (Lipinski definition) is 6. The van der Waals surface area contributed by atoms with E-state index in [0.29, 0.717) is 12.8 Å². The maximum atomic E-state index is 12.3. The van der Waals surface area contributed by atoms with Crippen LogP contribution in [0.15, 0.2) is 35.2 Å². The quantitative estimate of drug-likeness (QED) is 0.0998. The van der Waals surface area contributed by atoms with Gasteiger partial charge in [-0.1, -0.05) is 51.2 Å². The first-order chi connectivity index (χ1) is 15.9. The summed E-state index contributed by atoms with van der Waals surface area (Å²) in [5.74, 6) is -0.106. The number of rotatable bonds is 21. The van der Waals surface area contributed by atoms with E-state index in [9.17, 15) is 4.79 Å². The number of amides is 1. The van der Waals surface area contributed by atoms with Crippen LogP contribution in [0.5, 0.6) is 0 Å². The van der Waals surface area contributed by atoms with Crippen LogP contribution in [0.2, 0.25) is 0 Å². The molecule has 8 heteroatoms. The van der Waals surface area contributed by atoms with Crippen molar-refractivity contribution in [1.29, 1.82) is 0 Å². The van der Waals surface area contributed by atoms with Crippen LogP contribution in [0.4, 0.5) is 0 Å². The van der Waals surface area contributed by atoms with Gasteiger partial charge in [-0.05, 0) is 12.8 Å². The number of hydrogen-bond donors (Lipinski definition) is 4. The molecule has 0 aliphatic carbocycles. The van der Waals surface area contributed by atoms with Gasteiger partial charge in [-0.15, -0.1) is 0 Å².